The average Bonchev–Trinajstić information content (AvgIpc) is 3.10. The fourth-order valence-electron chi connectivity index (χ4n) is 4.12. The predicted molar refractivity (Wildman–Crippen MR) is 87.9 cm³/mol. The minimum atomic E-state index is -1.06. The second-order valence-corrected chi connectivity index (χ2v) is 6.57. The molecule has 2 aromatic carbocycles. The molecule has 0 spiro atoms. The zero-order valence-electron chi connectivity index (χ0n) is 12.0. The van der Waals surface area contributed by atoms with E-state index in [1.807, 2.05) is 6.07 Å². The van der Waals surface area contributed by atoms with Gasteiger partial charge in [0.2, 0.25) is 0 Å². The van der Waals surface area contributed by atoms with Crippen molar-refractivity contribution in [2.75, 3.05) is 5.32 Å². The van der Waals surface area contributed by atoms with E-state index < -0.39 is 6.09 Å². The molecular weight excluding hydrogens is 298 g/mol. The van der Waals surface area contributed by atoms with Crippen LogP contribution >= 0.6 is 11.6 Å². The Bertz CT molecular complexity index is 772. The lowest BCUT2D eigenvalue weighted by Gasteiger charge is -2.20. The molecule has 4 rings (SSSR count). The van der Waals surface area contributed by atoms with E-state index in [1.165, 1.54) is 30.4 Å². The second kappa shape index (κ2) is 5.03. The van der Waals surface area contributed by atoms with Crippen molar-refractivity contribution in [3.05, 3.63) is 52.5 Å². The molecule has 2 aliphatic carbocycles. The van der Waals surface area contributed by atoms with Gasteiger partial charge >= 0.3 is 6.09 Å². The first-order valence-corrected chi connectivity index (χ1v) is 7.94. The number of rotatable bonds is 2. The van der Waals surface area contributed by atoms with Gasteiger partial charge in [0.1, 0.15) is 0 Å². The van der Waals surface area contributed by atoms with Crippen molar-refractivity contribution in [1.82, 2.24) is 0 Å². The van der Waals surface area contributed by atoms with Gasteiger partial charge in [-0.15, -0.1) is 0 Å². The summed E-state index contributed by atoms with van der Waals surface area (Å²) in [6.07, 6.45) is 2.68. The third-order valence-electron chi connectivity index (χ3n) is 4.93. The van der Waals surface area contributed by atoms with Crippen LogP contribution in [-0.4, -0.2) is 11.2 Å². The molecule has 2 unspecified atom stereocenters. The molecule has 1 saturated carbocycles. The summed E-state index contributed by atoms with van der Waals surface area (Å²) in [6, 6.07) is 11.7. The first-order valence-electron chi connectivity index (χ1n) is 7.56. The molecule has 112 valence electrons. The molecule has 2 aromatic rings. The van der Waals surface area contributed by atoms with E-state index in [0.29, 0.717) is 22.5 Å². The molecule has 2 N–H and O–H groups in total. The lowest BCUT2D eigenvalue weighted by Crippen LogP contribution is -2.09. The van der Waals surface area contributed by atoms with Crippen LogP contribution in [0.3, 0.4) is 0 Å². The fraction of sp³-hybridized carbons (Fsp3) is 0.278. The van der Waals surface area contributed by atoms with E-state index in [1.54, 1.807) is 12.1 Å². The summed E-state index contributed by atoms with van der Waals surface area (Å²) >= 11 is 6.16. The van der Waals surface area contributed by atoms with E-state index in [4.69, 9.17) is 16.7 Å². The lowest BCUT2D eigenvalue weighted by atomic mass is 9.85. The quantitative estimate of drug-likeness (QED) is 0.773. The Morgan fingerprint density at radius 3 is 2.77 bits per heavy atom. The number of fused-ring (bicyclic) bond motifs is 5. The van der Waals surface area contributed by atoms with Crippen molar-refractivity contribution < 1.29 is 9.90 Å². The molecule has 22 heavy (non-hydrogen) atoms. The SMILES string of the molecule is O=C(O)Nc1ccc(Cl)cc1-c1cccc2c1C1CCC2C1. The number of halogens is 1. The van der Waals surface area contributed by atoms with Crippen LogP contribution in [0.4, 0.5) is 10.5 Å². The van der Waals surface area contributed by atoms with Crippen LogP contribution in [0.25, 0.3) is 11.1 Å². The van der Waals surface area contributed by atoms with E-state index in [-0.39, 0.29) is 0 Å². The second-order valence-electron chi connectivity index (χ2n) is 6.14. The topological polar surface area (TPSA) is 49.3 Å². The molecule has 0 heterocycles. The molecule has 2 atom stereocenters. The molecule has 2 bridgehead atoms. The number of hydrogen-bond acceptors (Lipinski definition) is 1. The van der Waals surface area contributed by atoms with Gasteiger partial charge < -0.3 is 5.11 Å². The van der Waals surface area contributed by atoms with Gasteiger partial charge in [-0.2, -0.15) is 0 Å². The van der Waals surface area contributed by atoms with Gasteiger partial charge in [-0.3, -0.25) is 5.32 Å². The number of anilines is 1. The van der Waals surface area contributed by atoms with Gasteiger partial charge in [-0.1, -0.05) is 29.8 Å². The summed E-state index contributed by atoms with van der Waals surface area (Å²) < 4.78 is 0. The van der Waals surface area contributed by atoms with Crippen molar-refractivity contribution in [1.29, 1.82) is 0 Å². The molecular formula is C18H16ClNO2. The van der Waals surface area contributed by atoms with Gasteiger partial charge in [0.25, 0.3) is 0 Å². The van der Waals surface area contributed by atoms with Crippen LogP contribution in [-0.2, 0) is 0 Å². The highest BCUT2D eigenvalue weighted by atomic mass is 35.5. The molecule has 0 aliphatic heterocycles. The first kappa shape index (κ1) is 13.6. The largest absolute Gasteiger partial charge is 0.465 e. The summed E-state index contributed by atoms with van der Waals surface area (Å²) in [7, 11) is 0. The molecule has 0 aromatic heterocycles. The summed E-state index contributed by atoms with van der Waals surface area (Å²) in [5.74, 6) is 1.28. The highest BCUT2D eigenvalue weighted by molar-refractivity contribution is 6.31. The van der Waals surface area contributed by atoms with E-state index >= 15 is 0 Å². The van der Waals surface area contributed by atoms with Crippen molar-refractivity contribution in [2.24, 2.45) is 0 Å². The smallest absolute Gasteiger partial charge is 0.409 e. The Morgan fingerprint density at radius 1 is 1.14 bits per heavy atom. The number of carboxylic acid groups (broad SMARTS) is 1. The zero-order chi connectivity index (χ0) is 15.3. The fourth-order valence-corrected chi connectivity index (χ4v) is 4.29. The monoisotopic (exact) mass is 313 g/mol. The Morgan fingerprint density at radius 2 is 1.95 bits per heavy atom. The number of carbonyl (C=O) groups is 1. The van der Waals surface area contributed by atoms with Gasteiger partial charge in [-0.05, 0) is 66.0 Å². The molecule has 3 nitrogen and oxygen atoms in total. The standard InChI is InChI=1S/C18H16ClNO2/c19-12-6-7-16(20-18(21)22)15(9-12)14-3-1-2-13-10-4-5-11(8-10)17(13)14/h1-3,6-7,9-11,20H,4-5,8H2,(H,21,22). The summed E-state index contributed by atoms with van der Waals surface area (Å²) in [6.45, 7) is 0. The molecule has 1 amide bonds. The normalized spacial score (nSPS) is 21.7. The summed E-state index contributed by atoms with van der Waals surface area (Å²) in [5, 5.41) is 12.2. The first-order chi connectivity index (χ1) is 10.6. The zero-order valence-corrected chi connectivity index (χ0v) is 12.7. The molecule has 2 aliphatic rings. The van der Waals surface area contributed by atoms with Gasteiger partial charge in [0, 0.05) is 10.6 Å². The van der Waals surface area contributed by atoms with Crippen LogP contribution in [0.15, 0.2) is 36.4 Å². The van der Waals surface area contributed by atoms with E-state index in [0.717, 1.165) is 11.1 Å². The molecule has 1 fully saturated rings. The van der Waals surface area contributed by atoms with E-state index in [2.05, 4.69) is 23.5 Å². The Balaban J connectivity index is 1.90. The molecule has 0 radical (unpaired) electrons. The van der Waals surface area contributed by atoms with Crippen molar-refractivity contribution in [3.8, 4) is 11.1 Å². The third-order valence-corrected chi connectivity index (χ3v) is 5.17. The van der Waals surface area contributed by atoms with Crippen LogP contribution in [0.2, 0.25) is 5.02 Å². The summed E-state index contributed by atoms with van der Waals surface area (Å²) in [4.78, 5) is 11.1. The maximum Gasteiger partial charge on any atom is 0.409 e. The van der Waals surface area contributed by atoms with E-state index in [9.17, 15) is 4.79 Å². The number of benzene rings is 2. The van der Waals surface area contributed by atoms with Crippen molar-refractivity contribution in [2.45, 2.75) is 31.1 Å². The highest BCUT2D eigenvalue weighted by Gasteiger charge is 2.38. The lowest BCUT2D eigenvalue weighted by molar-refractivity contribution is 0.210. The Kier molecular flexibility index (Phi) is 3.12. The summed E-state index contributed by atoms with van der Waals surface area (Å²) in [5.41, 5.74) is 5.42. The number of amides is 1. The maximum atomic E-state index is 11.1. The van der Waals surface area contributed by atoms with Gasteiger partial charge in [0.05, 0.1) is 5.69 Å². The maximum absolute atomic E-state index is 11.1. The van der Waals surface area contributed by atoms with Crippen LogP contribution in [0, 0.1) is 0 Å². The Labute approximate surface area is 133 Å². The average molecular weight is 314 g/mol. The minimum Gasteiger partial charge on any atom is -0.465 e. The molecule has 0 saturated heterocycles. The Hall–Kier alpha value is -2.00. The predicted octanol–water partition coefficient (Wildman–Crippen LogP) is 5.46. The van der Waals surface area contributed by atoms with Crippen LogP contribution < -0.4 is 5.32 Å². The van der Waals surface area contributed by atoms with Crippen molar-refractivity contribution >= 4 is 23.4 Å². The van der Waals surface area contributed by atoms with Crippen LogP contribution in [0.5, 0.6) is 0 Å². The highest BCUT2D eigenvalue weighted by Crippen LogP contribution is 2.56. The number of hydrogen-bond donors (Lipinski definition) is 2. The third kappa shape index (κ3) is 2.08. The van der Waals surface area contributed by atoms with Gasteiger partial charge in [-0.25, -0.2) is 4.79 Å². The minimum absolute atomic E-state index is 0.591. The van der Waals surface area contributed by atoms with Gasteiger partial charge in [0.15, 0.2) is 0 Å². The van der Waals surface area contributed by atoms with Crippen molar-refractivity contribution in [3.63, 3.8) is 0 Å². The molecule has 4 heteroatoms. The van der Waals surface area contributed by atoms with Crippen LogP contribution in [0.1, 0.15) is 42.2 Å². The number of nitrogens with one attached hydrogen (secondary N) is 1.